The van der Waals surface area contributed by atoms with Gasteiger partial charge in [0.1, 0.15) is 12.4 Å². The predicted octanol–water partition coefficient (Wildman–Crippen LogP) is 1.21. The van der Waals surface area contributed by atoms with Gasteiger partial charge in [-0.1, -0.05) is 19.1 Å². The zero-order chi connectivity index (χ0) is 10.1. The highest BCUT2D eigenvalue weighted by atomic mass is 16.5. The van der Waals surface area contributed by atoms with E-state index >= 15 is 0 Å². The predicted molar refractivity (Wildman–Crippen MR) is 53.3 cm³/mol. The highest BCUT2D eigenvalue weighted by Gasteiger charge is 2.25. The molecule has 0 fully saturated rings. The van der Waals surface area contributed by atoms with Crippen LogP contribution in [0.25, 0.3) is 0 Å². The Kier molecular flexibility index (Phi) is 2.25. The molecule has 1 aliphatic heterocycles. The molecule has 1 aromatic carbocycles. The van der Waals surface area contributed by atoms with E-state index in [-0.39, 0.29) is 12.4 Å². The topological polar surface area (TPSA) is 52.3 Å². The summed E-state index contributed by atoms with van der Waals surface area (Å²) in [6.07, 6.45) is 0.939. The van der Waals surface area contributed by atoms with Gasteiger partial charge < -0.3 is 10.5 Å². The Morgan fingerprint density at radius 2 is 2.36 bits per heavy atom. The summed E-state index contributed by atoms with van der Waals surface area (Å²) in [5, 5.41) is 0. The van der Waals surface area contributed by atoms with Crippen LogP contribution in [-0.2, 0) is 11.2 Å². The Balaban J connectivity index is 2.46. The van der Waals surface area contributed by atoms with Gasteiger partial charge in [0.25, 0.3) is 0 Å². The van der Waals surface area contributed by atoms with E-state index in [2.05, 4.69) is 6.92 Å². The van der Waals surface area contributed by atoms with Crippen LogP contribution in [0.2, 0.25) is 0 Å². The van der Waals surface area contributed by atoms with E-state index in [1.54, 1.807) is 0 Å². The SMILES string of the molecule is CCc1ccc2c(c1)C(N)C(=O)CO2. The number of Topliss-reactive ketones (excluding diaryl/α,β-unsaturated/α-hetero) is 1. The van der Waals surface area contributed by atoms with Gasteiger partial charge in [0.15, 0.2) is 5.78 Å². The quantitative estimate of drug-likeness (QED) is 0.726. The molecular weight excluding hydrogens is 178 g/mol. The molecule has 0 aliphatic carbocycles. The Bertz CT molecular complexity index is 374. The molecule has 74 valence electrons. The summed E-state index contributed by atoms with van der Waals surface area (Å²) in [6.45, 7) is 2.17. The van der Waals surface area contributed by atoms with Crippen LogP contribution in [0.15, 0.2) is 18.2 Å². The number of hydrogen-bond acceptors (Lipinski definition) is 3. The Hall–Kier alpha value is -1.35. The van der Waals surface area contributed by atoms with Gasteiger partial charge in [-0.25, -0.2) is 0 Å². The fourth-order valence-corrected chi connectivity index (χ4v) is 1.60. The molecule has 0 aromatic heterocycles. The summed E-state index contributed by atoms with van der Waals surface area (Å²) in [6, 6.07) is 5.34. The Morgan fingerprint density at radius 3 is 3.07 bits per heavy atom. The molecule has 2 N–H and O–H groups in total. The minimum absolute atomic E-state index is 0.0502. The minimum atomic E-state index is -0.509. The van der Waals surface area contributed by atoms with E-state index in [1.165, 1.54) is 5.56 Å². The number of carbonyl (C=O) groups is 1. The number of carbonyl (C=O) groups excluding carboxylic acids is 1. The maximum atomic E-state index is 11.3. The van der Waals surface area contributed by atoms with Crippen LogP contribution in [0.5, 0.6) is 5.75 Å². The molecule has 0 amide bonds. The molecule has 0 bridgehead atoms. The number of rotatable bonds is 1. The summed E-state index contributed by atoms with van der Waals surface area (Å²) in [7, 11) is 0. The van der Waals surface area contributed by atoms with Crippen molar-refractivity contribution >= 4 is 5.78 Å². The molecule has 3 nitrogen and oxygen atoms in total. The van der Waals surface area contributed by atoms with Crippen molar-refractivity contribution in [1.82, 2.24) is 0 Å². The molecule has 1 aliphatic rings. The van der Waals surface area contributed by atoms with Gasteiger partial charge >= 0.3 is 0 Å². The summed E-state index contributed by atoms with van der Waals surface area (Å²) < 4.78 is 5.28. The fourth-order valence-electron chi connectivity index (χ4n) is 1.60. The number of ketones is 1. The molecule has 0 saturated heterocycles. The first-order valence-corrected chi connectivity index (χ1v) is 4.76. The van der Waals surface area contributed by atoms with E-state index in [0.717, 1.165) is 17.7 Å². The van der Waals surface area contributed by atoms with Gasteiger partial charge in [-0.15, -0.1) is 0 Å². The first-order chi connectivity index (χ1) is 6.72. The number of nitrogens with two attached hydrogens (primary N) is 1. The van der Waals surface area contributed by atoms with Gasteiger partial charge in [-0.2, -0.15) is 0 Å². The van der Waals surface area contributed by atoms with Crippen LogP contribution in [0.4, 0.5) is 0 Å². The maximum absolute atomic E-state index is 11.3. The second-order valence-corrected chi connectivity index (χ2v) is 3.46. The van der Waals surface area contributed by atoms with E-state index < -0.39 is 6.04 Å². The summed E-state index contributed by atoms with van der Waals surface area (Å²) in [5.74, 6) is 0.694. The number of fused-ring (bicyclic) bond motifs is 1. The first kappa shape index (κ1) is 9.21. The van der Waals surface area contributed by atoms with E-state index in [4.69, 9.17) is 10.5 Å². The number of aryl methyl sites for hydroxylation is 1. The molecule has 1 aromatic rings. The van der Waals surface area contributed by atoms with Crippen molar-refractivity contribution in [3.05, 3.63) is 29.3 Å². The van der Waals surface area contributed by atoms with Crippen LogP contribution in [-0.4, -0.2) is 12.4 Å². The van der Waals surface area contributed by atoms with Crippen molar-refractivity contribution in [2.75, 3.05) is 6.61 Å². The van der Waals surface area contributed by atoms with Gasteiger partial charge in [-0.05, 0) is 18.1 Å². The van der Waals surface area contributed by atoms with Crippen molar-refractivity contribution in [3.8, 4) is 5.75 Å². The molecule has 14 heavy (non-hydrogen) atoms. The molecule has 1 heterocycles. The third-order valence-electron chi connectivity index (χ3n) is 2.53. The van der Waals surface area contributed by atoms with Crippen LogP contribution in [0.1, 0.15) is 24.1 Å². The zero-order valence-corrected chi connectivity index (χ0v) is 8.12. The monoisotopic (exact) mass is 191 g/mol. The fraction of sp³-hybridized carbons (Fsp3) is 0.364. The normalized spacial score (nSPS) is 20.1. The molecule has 0 saturated carbocycles. The zero-order valence-electron chi connectivity index (χ0n) is 8.12. The lowest BCUT2D eigenvalue weighted by molar-refractivity contribution is -0.123. The summed E-state index contributed by atoms with van der Waals surface area (Å²) >= 11 is 0. The van der Waals surface area contributed by atoms with Crippen molar-refractivity contribution in [3.63, 3.8) is 0 Å². The van der Waals surface area contributed by atoms with E-state index in [9.17, 15) is 4.79 Å². The first-order valence-electron chi connectivity index (χ1n) is 4.76. The molecule has 2 rings (SSSR count). The highest BCUT2D eigenvalue weighted by Crippen LogP contribution is 2.29. The van der Waals surface area contributed by atoms with Crippen LogP contribution < -0.4 is 10.5 Å². The average molecular weight is 191 g/mol. The third kappa shape index (κ3) is 1.40. The van der Waals surface area contributed by atoms with Crippen molar-refractivity contribution in [1.29, 1.82) is 0 Å². The van der Waals surface area contributed by atoms with Gasteiger partial charge in [0.2, 0.25) is 0 Å². The molecular formula is C11H13NO2. The summed E-state index contributed by atoms with van der Waals surface area (Å²) in [5.41, 5.74) is 7.78. The van der Waals surface area contributed by atoms with Crippen molar-refractivity contribution < 1.29 is 9.53 Å². The van der Waals surface area contributed by atoms with Crippen LogP contribution in [0.3, 0.4) is 0 Å². The maximum Gasteiger partial charge on any atom is 0.191 e. The lowest BCUT2D eigenvalue weighted by atomic mass is 9.97. The summed E-state index contributed by atoms with van der Waals surface area (Å²) in [4.78, 5) is 11.3. The molecule has 0 spiro atoms. The van der Waals surface area contributed by atoms with Gasteiger partial charge in [0, 0.05) is 5.56 Å². The number of hydrogen-bond donors (Lipinski definition) is 1. The lowest BCUT2D eigenvalue weighted by Crippen LogP contribution is -2.31. The third-order valence-corrected chi connectivity index (χ3v) is 2.53. The molecule has 1 atom stereocenters. The van der Waals surface area contributed by atoms with Gasteiger partial charge in [-0.3, -0.25) is 4.79 Å². The second-order valence-electron chi connectivity index (χ2n) is 3.46. The number of ether oxygens (including phenoxy) is 1. The largest absolute Gasteiger partial charge is 0.485 e. The minimum Gasteiger partial charge on any atom is -0.485 e. The Morgan fingerprint density at radius 1 is 1.57 bits per heavy atom. The number of benzene rings is 1. The molecule has 3 heteroatoms. The van der Waals surface area contributed by atoms with E-state index in [1.807, 2.05) is 18.2 Å². The Labute approximate surface area is 82.9 Å². The molecule has 0 radical (unpaired) electrons. The lowest BCUT2D eigenvalue weighted by Gasteiger charge is -2.22. The average Bonchev–Trinajstić information content (AvgIpc) is 2.23. The van der Waals surface area contributed by atoms with Crippen molar-refractivity contribution in [2.24, 2.45) is 5.73 Å². The molecule has 1 unspecified atom stereocenters. The highest BCUT2D eigenvalue weighted by molar-refractivity contribution is 5.88. The van der Waals surface area contributed by atoms with Crippen molar-refractivity contribution in [2.45, 2.75) is 19.4 Å². The van der Waals surface area contributed by atoms with Crippen LogP contribution in [0, 0.1) is 0 Å². The smallest absolute Gasteiger partial charge is 0.191 e. The van der Waals surface area contributed by atoms with Crippen LogP contribution >= 0.6 is 0 Å². The standard InChI is InChI=1S/C11H13NO2/c1-2-7-3-4-10-8(5-7)11(12)9(13)6-14-10/h3-5,11H,2,6,12H2,1H3. The second kappa shape index (κ2) is 3.42. The van der Waals surface area contributed by atoms with E-state index in [0.29, 0.717) is 0 Å². The van der Waals surface area contributed by atoms with Gasteiger partial charge in [0.05, 0.1) is 6.04 Å².